The van der Waals surface area contributed by atoms with Crippen LogP contribution in [0.15, 0.2) is 5.38 Å². The molecule has 0 radical (unpaired) electrons. The second-order valence-electron chi connectivity index (χ2n) is 5.61. The summed E-state index contributed by atoms with van der Waals surface area (Å²) in [5, 5.41) is 3.57. The maximum Gasteiger partial charge on any atom is 0.0928 e. The van der Waals surface area contributed by atoms with Crippen LogP contribution in [0.3, 0.4) is 0 Å². The summed E-state index contributed by atoms with van der Waals surface area (Å²) in [6.45, 7) is 4.50. The minimum atomic E-state index is 0.318. The highest BCUT2D eigenvalue weighted by molar-refractivity contribution is 7.09. The first-order valence-corrected chi connectivity index (χ1v) is 7.91. The van der Waals surface area contributed by atoms with E-state index in [-0.39, 0.29) is 0 Å². The molecule has 1 fully saturated rings. The molecule has 0 saturated carbocycles. The van der Waals surface area contributed by atoms with E-state index in [0.29, 0.717) is 12.0 Å². The minimum absolute atomic E-state index is 0.318. The topological polar surface area (TPSA) is 42.1 Å². The van der Waals surface area contributed by atoms with Crippen LogP contribution in [-0.2, 0) is 6.42 Å². The van der Waals surface area contributed by atoms with E-state index in [1.807, 2.05) is 11.3 Å². The zero-order valence-electron chi connectivity index (χ0n) is 11.6. The third-order valence-electron chi connectivity index (χ3n) is 3.76. The molecule has 2 rings (SSSR count). The highest BCUT2D eigenvalue weighted by Gasteiger charge is 2.20. The number of hydrogen-bond acceptors (Lipinski definition) is 4. The molecule has 0 amide bonds. The Morgan fingerprint density at radius 3 is 2.89 bits per heavy atom. The Labute approximate surface area is 114 Å². The molecule has 0 bridgehead atoms. The molecule has 0 spiro atoms. The Morgan fingerprint density at radius 2 is 2.22 bits per heavy atom. The Morgan fingerprint density at radius 1 is 1.50 bits per heavy atom. The molecule has 1 unspecified atom stereocenters. The van der Waals surface area contributed by atoms with E-state index in [1.54, 1.807) is 0 Å². The molecule has 1 aliphatic heterocycles. The lowest BCUT2D eigenvalue weighted by Gasteiger charge is -2.27. The smallest absolute Gasteiger partial charge is 0.0928 e. The first-order chi connectivity index (χ1) is 8.65. The molecule has 102 valence electrons. The van der Waals surface area contributed by atoms with Gasteiger partial charge in [0, 0.05) is 17.3 Å². The average Bonchev–Trinajstić information content (AvgIpc) is 2.78. The summed E-state index contributed by atoms with van der Waals surface area (Å²) in [6.07, 6.45) is 5.89. The largest absolute Gasteiger partial charge is 0.328 e. The summed E-state index contributed by atoms with van der Waals surface area (Å²) < 4.78 is 0. The van der Waals surface area contributed by atoms with Gasteiger partial charge in [0.2, 0.25) is 0 Å². The van der Waals surface area contributed by atoms with Crippen molar-refractivity contribution in [1.82, 2.24) is 9.88 Å². The van der Waals surface area contributed by atoms with Crippen molar-refractivity contribution in [1.29, 1.82) is 0 Å². The van der Waals surface area contributed by atoms with Crippen molar-refractivity contribution in [2.45, 2.75) is 51.0 Å². The minimum Gasteiger partial charge on any atom is -0.328 e. The van der Waals surface area contributed by atoms with Crippen LogP contribution < -0.4 is 5.73 Å². The number of piperidine rings is 1. The highest BCUT2D eigenvalue weighted by atomic mass is 32.1. The summed E-state index contributed by atoms with van der Waals surface area (Å²) in [4.78, 5) is 7.22. The van der Waals surface area contributed by atoms with Crippen molar-refractivity contribution >= 4 is 11.3 Å². The number of aryl methyl sites for hydroxylation is 1. The van der Waals surface area contributed by atoms with E-state index in [4.69, 9.17) is 10.7 Å². The van der Waals surface area contributed by atoms with Crippen molar-refractivity contribution < 1.29 is 0 Å². The zero-order valence-corrected chi connectivity index (χ0v) is 12.4. The molecule has 1 aliphatic rings. The third-order valence-corrected chi connectivity index (χ3v) is 4.68. The first-order valence-electron chi connectivity index (χ1n) is 7.03. The summed E-state index contributed by atoms with van der Waals surface area (Å²) in [6, 6.07) is 0.318. The van der Waals surface area contributed by atoms with Crippen molar-refractivity contribution in [3.05, 3.63) is 16.1 Å². The van der Waals surface area contributed by atoms with E-state index < -0.39 is 0 Å². The van der Waals surface area contributed by atoms with E-state index in [2.05, 4.69) is 24.3 Å². The van der Waals surface area contributed by atoms with Crippen LogP contribution in [0.2, 0.25) is 0 Å². The molecule has 1 atom stereocenters. The number of hydrogen-bond donors (Lipinski definition) is 1. The molecule has 4 heteroatoms. The van der Waals surface area contributed by atoms with Gasteiger partial charge in [-0.3, -0.25) is 0 Å². The van der Waals surface area contributed by atoms with Crippen LogP contribution in [0.4, 0.5) is 0 Å². The van der Waals surface area contributed by atoms with E-state index in [0.717, 1.165) is 19.3 Å². The zero-order chi connectivity index (χ0) is 13.0. The van der Waals surface area contributed by atoms with Gasteiger partial charge in [-0.05, 0) is 59.2 Å². The fourth-order valence-corrected chi connectivity index (χ4v) is 3.43. The molecule has 1 aromatic rings. The normalized spacial score (nSPS) is 20.2. The van der Waals surface area contributed by atoms with E-state index in [9.17, 15) is 0 Å². The Hall–Kier alpha value is -0.450. The van der Waals surface area contributed by atoms with Crippen molar-refractivity contribution in [3.8, 4) is 0 Å². The lowest BCUT2D eigenvalue weighted by Crippen LogP contribution is -2.29. The van der Waals surface area contributed by atoms with Gasteiger partial charge in [0.15, 0.2) is 0 Å². The number of likely N-dealkylation sites (tertiary alicyclic amines) is 1. The fraction of sp³-hybridized carbons (Fsp3) is 0.786. The van der Waals surface area contributed by atoms with Crippen LogP contribution in [0.1, 0.15) is 49.2 Å². The Kier molecular flexibility index (Phi) is 5.15. The molecule has 0 aliphatic carbocycles. The van der Waals surface area contributed by atoms with Crippen LogP contribution in [0.5, 0.6) is 0 Å². The molecule has 2 heterocycles. The van der Waals surface area contributed by atoms with Gasteiger partial charge in [-0.15, -0.1) is 11.3 Å². The van der Waals surface area contributed by atoms with Gasteiger partial charge in [-0.1, -0.05) is 0 Å². The van der Waals surface area contributed by atoms with Crippen LogP contribution >= 0.6 is 11.3 Å². The first kappa shape index (κ1) is 14.0. The quantitative estimate of drug-likeness (QED) is 0.891. The van der Waals surface area contributed by atoms with Gasteiger partial charge in [0.05, 0.1) is 10.7 Å². The van der Waals surface area contributed by atoms with Gasteiger partial charge >= 0.3 is 0 Å². The van der Waals surface area contributed by atoms with Crippen molar-refractivity contribution in [2.75, 3.05) is 20.1 Å². The molecule has 1 aromatic heterocycles. The van der Waals surface area contributed by atoms with Crippen LogP contribution in [-0.4, -0.2) is 36.1 Å². The summed E-state index contributed by atoms with van der Waals surface area (Å²) in [7, 11) is 2.21. The third kappa shape index (κ3) is 4.04. The number of nitrogens with zero attached hydrogens (tertiary/aromatic N) is 2. The number of nitrogens with two attached hydrogens (primary N) is 1. The van der Waals surface area contributed by atoms with E-state index >= 15 is 0 Å². The molecule has 0 aromatic carbocycles. The van der Waals surface area contributed by atoms with Gasteiger partial charge in [0.25, 0.3) is 0 Å². The summed E-state index contributed by atoms with van der Waals surface area (Å²) in [5.74, 6) is 0.694. The monoisotopic (exact) mass is 267 g/mol. The van der Waals surface area contributed by atoms with Crippen LogP contribution in [0, 0.1) is 0 Å². The van der Waals surface area contributed by atoms with Gasteiger partial charge in [-0.2, -0.15) is 0 Å². The maximum atomic E-state index is 5.77. The van der Waals surface area contributed by atoms with Gasteiger partial charge in [0.1, 0.15) is 0 Å². The van der Waals surface area contributed by atoms with Crippen molar-refractivity contribution in [2.24, 2.45) is 5.73 Å². The van der Waals surface area contributed by atoms with Gasteiger partial charge < -0.3 is 10.6 Å². The highest BCUT2D eigenvalue weighted by Crippen LogP contribution is 2.28. The van der Waals surface area contributed by atoms with E-state index in [1.165, 1.54) is 36.6 Å². The number of aromatic nitrogens is 1. The molecule has 18 heavy (non-hydrogen) atoms. The predicted octanol–water partition coefficient (Wildman–Crippen LogP) is 2.62. The lowest BCUT2D eigenvalue weighted by atomic mass is 9.94. The van der Waals surface area contributed by atoms with Gasteiger partial charge in [-0.25, -0.2) is 4.98 Å². The molecule has 1 saturated heterocycles. The van der Waals surface area contributed by atoms with Crippen molar-refractivity contribution in [3.63, 3.8) is 0 Å². The fourth-order valence-electron chi connectivity index (χ4n) is 2.51. The standard InChI is InChI=1S/C14H25N3S/c1-11(15)4-3-5-14-16-13(10-18-14)12-6-8-17(2)9-7-12/h10-12H,3-9,15H2,1-2H3. The Balaban J connectivity index is 1.82. The number of thiazole rings is 1. The molecule has 3 nitrogen and oxygen atoms in total. The Bertz CT molecular complexity index is 354. The predicted molar refractivity (Wildman–Crippen MR) is 78.2 cm³/mol. The lowest BCUT2D eigenvalue weighted by molar-refractivity contribution is 0.253. The second kappa shape index (κ2) is 6.64. The second-order valence-corrected chi connectivity index (χ2v) is 6.56. The van der Waals surface area contributed by atoms with Crippen LogP contribution in [0.25, 0.3) is 0 Å². The molecular weight excluding hydrogens is 242 g/mol. The molecule has 2 N–H and O–H groups in total. The summed E-state index contributed by atoms with van der Waals surface area (Å²) in [5.41, 5.74) is 7.11. The molecular formula is C14H25N3S. The maximum absolute atomic E-state index is 5.77. The number of rotatable bonds is 5. The average molecular weight is 267 g/mol. The SMILES string of the molecule is CC(N)CCCc1nc(C2CCN(C)CC2)cs1. The summed E-state index contributed by atoms with van der Waals surface area (Å²) >= 11 is 1.83.